The minimum absolute atomic E-state index is 0.0566. The molecule has 44 heavy (non-hydrogen) atoms. The van der Waals surface area contributed by atoms with Crippen LogP contribution >= 0.6 is 11.3 Å². The molecular weight excluding hydrogens is 576 g/mol. The first-order valence-corrected chi connectivity index (χ1v) is 16.3. The monoisotopic (exact) mass is 626 g/mol. The lowest BCUT2D eigenvalue weighted by molar-refractivity contribution is -0.152. The molecule has 0 bridgehead atoms. The Hall–Kier alpha value is -3.11. The number of thiazole rings is 1. The quantitative estimate of drug-likeness (QED) is 0.344. The zero-order chi connectivity index (χ0) is 33.1. The fourth-order valence-corrected chi connectivity index (χ4v) is 6.02. The summed E-state index contributed by atoms with van der Waals surface area (Å²) in [4.78, 5) is 60.8. The van der Waals surface area contributed by atoms with Crippen LogP contribution in [-0.4, -0.2) is 64.2 Å². The van der Waals surface area contributed by atoms with Crippen LogP contribution < -0.4 is 11.1 Å². The molecule has 1 aromatic carbocycles. The number of rotatable bonds is 10. The van der Waals surface area contributed by atoms with Crippen molar-refractivity contribution in [2.45, 2.75) is 112 Å². The van der Waals surface area contributed by atoms with Crippen LogP contribution in [0.15, 0.2) is 29.8 Å². The summed E-state index contributed by atoms with van der Waals surface area (Å²) in [7, 11) is 0. The first kappa shape index (κ1) is 35.4. The van der Waals surface area contributed by atoms with Crippen molar-refractivity contribution in [1.29, 1.82) is 0 Å². The van der Waals surface area contributed by atoms with Crippen molar-refractivity contribution < 1.29 is 23.9 Å². The largest absolute Gasteiger partial charge is 0.459 e. The fraction of sp³-hybridized carbons (Fsp3) is 0.618. The van der Waals surface area contributed by atoms with Gasteiger partial charge >= 0.3 is 5.97 Å². The molecule has 0 aliphatic carbocycles. The molecule has 0 saturated carbocycles. The van der Waals surface area contributed by atoms with Crippen molar-refractivity contribution in [2.75, 3.05) is 6.54 Å². The molecule has 242 valence electrons. The maximum Gasteiger partial charge on any atom is 0.323 e. The molecular formula is C34H50N4O5S. The molecule has 1 aliphatic rings. The smallest absolute Gasteiger partial charge is 0.323 e. The number of esters is 1. The first-order valence-electron chi connectivity index (χ1n) is 15.4. The standard InChI is InChI=1S/C34H50N4O5S/c1-19(2)27(35)31(41)43-24-16-25(38(17-24)30(40)29(33(5,6)7)37-32(42)34(8,9)10)26(39)15-20(3)22-11-13-23(14-12-22)28-21(4)36-18-44-28/h11-14,18-20,24-25,27,29H,15-17,35H2,1-10H3,(H,37,42)/t20?,24?,25?,27-,29?/m0/s1. The summed E-state index contributed by atoms with van der Waals surface area (Å²) in [5, 5.41) is 2.94. The molecule has 9 nitrogen and oxygen atoms in total. The number of amides is 2. The maximum atomic E-state index is 14.2. The van der Waals surface area contributed by atoms with E-state index in [1.54, 1.807) is 32.1 Å². The van der Waals surface area contributed by atoms with Crippen LogP contribution in [0.5, 0.6) is 0 Å². The van der Waals surface area contributed by atoms with Crippen LogP contribution in [0.4, 0.5) is 0 Å². The third kappa shape index (κ3) is 8.53. The van der Waals surface area contributed by atoms with Gasteiger partial charge in [0.15, 0.2) is 5.78 Å². The molecule has 3 rings (SSSR count). The minimum Gasteiger partial charge on any atom is -0.459 e. The number of benzene rings is 1. The lowest BCUT2D eigenvalue weighted by Crippen LogP contribution is -2.58. The van der Waals surface area contributed by atoms with E-state index in [9.17, 15) is 19.2 Å². The van der Waals surface area contributed by atoms with Crippen molar-refractivity contribution in [3.63, 3.8) is 0 Å². The van der Waals surface area contributed by atoms with Gasteiger partial charge in [-0.25, -0.2) is 4.98 Å². The van der Waals surface area contributed by atoms with Crippen LogP contribution in [0.1, 0.15) is 92.3 Å². The number of ketones is 1. The molecule has 0 spiro atoms. The molecule has 1 fully saturated rings. The topological polar surface area (TPSA) is 132 Å². The maximum absolute atomic E-state index is 14.2. The van der Waals surface area contributed by atoms with Gasteiger partial charge in [0, 0.05) is 18.3 Å². The number of hydrogen-bond donors (Lipinski definition) is 2. The van der Waals surface area contributed by atoms with E-state index < -0.39 is 41.0 Å². The summed E-state index contributed by atoms with van der Waals surface area (Å²) in [5.74, 6) is -1.52. The van der Waals surface area contributed by atoms with Gasteiger partial charge in [0.05, 0.1) is 28.7 Å². The Morgan fingerprint density at radius 2 is 1.68 bits per heavy atom. The van der Waals surface area contributed by atoms with Gasteiger partial charge in [0.1, 0.15) is 18.2 Å². The van der Waals surface area contributed by atoms with E-state index in [0.29, 0.717) is 0 Å². The predicted octanol–water partition coefficient (Wildman–Crippen LogP) is 5.25. The van der Waals surface area contributed by atoms with Gasteiger partial charge in [-0.15, -0.1) is 11.3 Å². The zero-order valence-corrected chi connectivity index (χ0v) is 28.7. The minimum atomic E-state index is -0.878. The molecule has 1 aliphatic heterocycles. The number of aromatic nitrogens is 1. The van der Waals surface area contributed by atoms with Gasteiger partial charge in [0.25, 0.3) is 0 Å². The average Bonchev–Trinajstić information content (AvgIpc) is 3.55. The average molecular weight is 627 g/mol. The number of aryl methyl sites for hydroxylation is 1. The van der Waals surface area contributed by atoms with Crippen LogP contribution in [-0.2, 0) is 23.9 Å². The van der Waals surface area contributed by atoms with E-state index >= 15 is 0 Å². The predicted molar refractivity (Wildman–Crippen MR) is 174 cm³/mol. The molecule has 2 heterocycles. The van der Waals surface area contributed by atoms with Crippen LogP contribution in [0.3, 0.4) is 0 Å². The molecule has 1 saturated heterocycles. The molecule has 1 aromatic heterocycles. The van der Waals surface area contributed by atoms with E-state index in [1.807, 2.05) is 78.2 Å². The third-order valence-corrected chi connectivity index (χ3v) is 9.23. The lowest BCUT2D eigenvalue weighted by atomic mass is 9.84. The van der Waals surface area contributed by atoms with Crippen molar-refractivity contribution in [3.8, 4) is 10.4 Å². The molecule has 10 heteroatoms. The number of carbonyl (C=O) groups is 4. The third-order valence-electron chi connectivity index (χ3n) is 8.26. The fourth-order valence-electron chi connectivity index (χ4n) is 5.21. The highest BCUT2D eigenvalue weighted by Crippen LogP contribution is 2.32. The Morgan fingerprint density at radius 1 is 1.07 bits per heavy atom. The number of hydrogen-bond acceptors (Lipinski definition) is 8. The van der Waals surface area contributed by atoms with Gasteiger partial charge in [-0.1, -0.05) is 86.6 Å². The van der Waals surface area contributed by atoms with Crippen molar-refractivity contribution in [2.24, 2.45) is 22.5 Å². The zero-order valence-electron chi connectivity index (χ0n) is 27.9. The number of nitrogens with two attached hydrogens (primary N) is 1. The summed E-state index contributed by atoms with van der Waals surface area (Å²) in [6.45, 7) is 18.7. The van der Waals surface area contributed by atoms with Crippen molar-refractivity contribution in [1.82, 2.24) is 15.2 Å². The molecule has 3 N–H and O–H groups in total. The number of ether oxygens (including phenoxy) is 1. The molecule has 2 amide bonds. The number of Topliss-reactive ketones (excluding diaryl/α,β-unsaturated/α-hetero) is 1. The Balaban J connectivity index is 1.85. The van der Waals surface area contributed by atoms with Crippen molar-refractivity contribution in [3.05, 3.63) is 41.0 Å². The SMILES string of the molecule is Cc1ncsc1-c1ccc(C(C)CC(=O)C2CC(OC(=O)[C@@H](N)C(C)C)CN2C(=O)C(NC(=O)C(C)(C)C)C(C)(C)C)cc1. The molecule has 5 atom stereocenters. The Labute approximate surface area is 266 Å². The van der Waals surface area contributed by atoms with Crippen molar-refractivity contribution >= 4 is 34.9 Å². The first-order chi connectivity index (χ1) is 20.3. The van der Waals surface area contributed by atoms with Crippen LogP contribution in [0, 0.1) is 23.7 Å². The van der Waals surface area contributed by atoms with Gasteiger partial charge in [-0.05, 0) is 35.3 Å². The second kappa shape index (κ2) is 13.9. The Morgan fingerprint density at radius 3 is 2.18 bits per heavy atom. The molecule has 0 radical (unpaired) electrons. The Kier molecular flexibility index (Phi) is 11.2. The number of nitrogens with one attached hydrogen (secondary N) is 1. The summed E-state index contributed by atoms with van der Waals surface area (Å²) in [6.07, 6.45) is -0.295. The number of carbonyl (C=O) groups excluding carboxylic acids is 4. The number of nitrogens with zero attached hydrogens (tertiary/aromatic N) is 2. The Bertz CT molecular complexity index is 1340. The summed E-state index contributed by atoms with van der Waals surface area (Å²) in [6, 6.07) is 5.66. The highest BCUT2D eigenvalue weighted by molar-refractivity contribution is 7.13. The van der Waals surface area contributed by atoms with E-state index in [1.165, 1.54) is 4.90 Å². The van der Waals surface area contributed by atoms with Gasteiger partial charge in [-0.3, -0.25) is 19.2 Å². The summed E-state index contributed by atoms with van der Waals surface area (Å²) in [5.41, 5.74) is 9.59. The van der Waals surface area contributed by atoms with Gasteiger partial charge < -0.3 is 20.7 Å². The van der Waals surface area contributed by atoms with Crippen LogP contribution in [0.25, 0.3) is 10.4 Å². The lowest BCUT2D eigenvalue weighted by Gasteiger charge is -2.36. The normalized spacial score (nSPS) is 19.4. The second-order valence-electron chi connectivity index (χ2n) is 14.6. The van der Waals surface area contributed by atoms with E-state index in [-0.39, 0.29) is 48.8 Å². The summed E-state index contributed by atoms with van der Waals surface area (Å²) < 4.78 is 5.74. The van der Waals surface area contributed by atoms with E-state index in [2.05, 4.69) is 10.3 Å². The van der Waals surface area contributed by atoms with Gasteiger partial charge in [-0.2, -0.15) is 0 Å². The highest BCUT2D eigenvalue weighted by Gasteiger charge is 2.46. The van der Waals surface area contributed by atoms with Crippen LogP contribution in [0.2, 0.25) is 0 Å². The molecule has 2 aromatic rings. The van der Waals surface area contributed by atoms with Gasteiger partial charge in [0.2, 0.25) is 11.8 Å². The second-order valence-corrected chi connectivity index (χ2v) is 15.4. The number of likely N-dealkylation sites (tertiary alicyclic amines) is 1. The summed E-state index contributed by atoms with van der Waals surface area (Å²) >= 11 is 1.59. The van der Waals surface area contributed by atoms with E-state index in [4.69, 9.17) is 10.5 Å². The molecule has 4 unspecified atom stereocenters. The van der Waals surface area contributed by atoms with E-state index in [0.717, 1.165) is 21.7 Å². The highest BCUT2D eigenvalue weighted by atomic mass is 32.1.